The maximum atomic E-state index is 12.7. The molecule has 0 unspecified atom stereocenters. The summed E-state index contributed by atoms with van der Waals surface area (Å²) >= 11 is 0. The Labute approximate surface area is 148 Å². The van der Waals surface area contributed by atoms with E-state index in [4.69, 9.17) is 4.74 Å². The summed E-state index contributed by atoms with van der Waals surface area (Å²) in [4.78, 5) is 25.1. The predicted octanol–water partition coefficient (Wildman–Crippen LogP) is 0.847. The van der Waals surface area contributed by atoms with Gasteiger partial charge in [0.25, 0.3) is 0 Å². The van der Waals surface area contributed by atoms with E-state index >= 15 is 0 Å². The molecule has 3 heterocycles. The summed E-state index contributed by atoms with van der Waals surface area (Å²) in [6, 6.07) is 5.78. The zero-order valence-corrected chi connectivity index (χ0v) is 15.1. The van der Waals surface area contributed by atoms with Crippen molar-refractivity contribution in [2.75, 3.05) is 27.2 Å². The lowest BCUT2D eigenvalue weighted by molar-refractivity contribution is -0.137. The molecule has 0 saturated heterocycles. The first-order valence-corrected chi connectivity index (χ1v) is 8.45. The second-order valence-electron chi connectivity index (χ2n) is 6.70. The Morgan fingerprint density at radius 2 is 2.20 bits per heavy atom. The number of carbonyl (C=O) groups is 1. The van der Waals surface area contributed by atoms with Crippen molar-refractivity contribution in [2.24, 2.45) is 7.05 Å². The van der Waals surface area contributed by atoms with Gasteiger partial charge in [0.2, 0.25) is 5.91 Å². The fourth-order valence-corrected chi connectivity index (χ4v) is 3.11. The van der Waals surface area contributed by atoms with Crippen LogP contribution in [0.1, 0.15) is 17.1 Å². The highest BCUT2D eigenvalue weighted by molar-refractivity contribution is 5.78. The van der Waals surface area contributed by atoms with E-state index in [1.807, 2.05) is 60.0 Å². The van der Waals surface area contributed by atoms with Gasteiger partial charge in [0.05, 0.1) is 50.1 Å². The maximum Gasteiger partial charge on any atom is 0.237 e. The SMILES string of the molecule is CN(C)CC(=O)N1Cc2ncn(C)c2C[C@H]1COCc1ccccn1. The molecule has 0 N–H and O–H groups in total. The minimum atomic E-state index is 0.0130. The van der Waals surface area contributed by atoms with Crippen molar-refractivity contribution in [1.82, 2.24) is 24.3 Å². The zero-order chi connectivity index (χ0) is 17.8. The molecular formula is C18H25N5O2. The van der Waals surface area contributed by atoms with Gasteiger partial charge < -0.3 is 19.1 Å². The number of carbonyl (C=O) groups excluding carboxylic acids is 1. The Morgan fingerprint density at radius 3 is 2.92 bits per heavy atom. The van der Waals surface area contributed by atoms with Crippen molar-refractivity contribution in [3.05, 3.63) is 47.8 Å². The van der Waals surface area contributed by atoms with Crippen LogP contribution in [0.15, 0.2) is 30.7 Å². The van der Waals surface area contributed by atoms with Crippen LogP contribution < -0.4 is 0 Å². The Kier molecular flexibility index (Phi) is 5.45. The number of rotatable bonds is 6. The molecule has 1 aliphatic heterocycles. The summed E-state index contributed by atoms with van der Waals surface area (Å²) < 4.78 is 7.91. The number of aromatic nitrogens is 3. The molecule has 1 atom stereocenters. The minimum Gasteiger partial charge on any atom is -0.373 e. The van der Waals surface area contributed by atoms with Gasteiger partial charge in [0, 0.05) is 25.4 Å². The first-order chi connectivity index (χ1) is 12.0. The molecule has 1 amide bonds. The van der Waals surface area contributed by atoms with Crippen molar-refractivity contribution >= 4 is 5.91 Å². The quantitative estimate of drug-likeness (QED) is 0.778. The van der Waals surface area contributed by atoms with Crippen LogP contribution in [-0.2, 0) is 36.2 Å². The molecule has 0 aromatic carbocycles. The number of nitrogens with zero attached hydrogens (tertiary/aromatic N) is 5. The number of likely N-dealkylation sites (N-methyl/N-ethyl adjacent to an activating group) is 1. The number of aryl methyl sites for hydroxylation is 1. The van der Waals surface area contributed by atoms with Crippen molar-refractivity contribution in [3.8, 4) is 0 Å². The second-order valence-corrected chi connectivity index (χ2v) is 6.70. The van der Waals surface area contributed by atoms with E-state index in [1.165, 1.54) is 5.69 Å². The maximum absolute atomic E-state index is 12.7. The van der Waals surface area contributed by atoms with Crippen LogP contribution in [0.5, 0.6) is 0 Å². The van der Waals surface area contributed by atoms with Crippen LogP contribution in [0.4, 0.5) is 0 Å². The average Bonchev–Trinajstić information content (AvgIpc) is 2.95. The molecule has 0 aliphatic carbocycles. The van der Waals surface area contributed by atoms with Crippen molar-refractivity contribution in [2.45, 2.75) is 25.6 Å². The zero-order valence-electron chi connectivity index (χ0n) is 15.1. The van der Waals surface area contributed by atoms with Crippen LogP contribution >= 0.6 is 0 Å². The van der Waals surface area contributed by atoms with Gasteiger partial charge >= 0.3 is 0 Å². The molecule has 25 heavy (non-hydrogen) atoms. The number of hydrogen-bond donors (Lipinski definition) is 0. The number of ether oxygens (including phenoxy) is 1. The number of fused-ring (bicyclic) bond motifs is 1. The summed E-state index contributed by atoms with van der Waals surface area (Å²) in [7, 11) is 5.80. The standard InChI is InChI=1S/C18H25N5O2/c1-21(2)10-18(24)23-9-16-17(22(3)13-20-16)8-15(23)12-25-11-14-6-4-5-7-19-14/h4-7,13,15H,8-12H2,1-3H3/t15-/m0/s1. The highest BCUT2D eigenvalue weighted by Gasteiger charge is 2.32. The largest absolute Gasteiger partial charge is 0.373 e. The summed E-state index contributed by atoms with van der Waals surface area (Å²) in [6.07, 6.45) is 4.33. The average molecular weight is 343 g/mol. The number of amides is 1. The smallest absolute Gasteiger partial charge is 0.237 e. The van der Waals surface area contributed by atoms with E-state index < -0.39 is 0 Å². The highest BCUT2D eigenvalue weighted by atomic mass is 16.5. The number of hydrogen-bond acceptors (Lipinski definition) is 5. The molecular weight excluding hydrogens is 318 g/mol. The molecule has 1 aliphatic rings. The molecule has 3 rings (SSSR count). The third-order valence-corrected chi connectivity index (χ3v) is 4.39. The fraction of sp³-hybridized carbons (Fsp3) is 0.500. The Morgan fingerprint density at radius 1 is 1.36 bits per heavy atom. The molecule has 0 fully saturated rings. The Hall–Kier alpha value is -2.25. The van der Waals surface area contributed by atoms with Gasteiger partial charge in [-0.3, -0.25) is 9.78 Å². The predicted molar refractivity (Wildman–Crippen MR) is 93.7 cm³/mol. The van der Waals surface area contributed by atoms with Crippen LogP contribution in [0.3, 0.4) is 0 Å². The summed E-state index contributed by atoms with van der Waals surface area (Å²) in [6.45, 7) is 1.87. The molecule has 7 heteroatoms. The normalized spacial score (nSPS) is 17.0. The van der Waals surface area contributed by atoms with Crippen molar-refractivity contribution in [1.29, 1.82) is 0 Å². The molecule has 0 saturated carbocycles. The van der Waals surface area contributed by atoms with Gasteiger partial charge in [-0.15, -0.1) is 0 Å². The third-order valence-electron chi connectivity index (χ3n) is 4.39. The van der Waals surface area contributed by atoms with Crippen LogP contribution in [0.25, 0.3) is 0 Å². The van der Waals surface area contributed by atoms with Crippen molar-refractivity contribution < 1.29 is 9.53 Å². The summed E-state index contributed by atoms with van der Waals surface area (Å²) in [5, 5.41) is 0. The van der Waals surface area contributed by atoms with E-state index in [-0.39, 0.29) is 11.9 Å². The molecule has 0 spiro atoms. The first kappa shape index (κ1) is 17.6. The van der Waals surface area contributed by atoms with E-state index in [0.717, 1.165) is 17.8 Å². The lowest BCUT2D eigenvalue weighted by Crippen LogP contribution is -2.49. The van der Waals surface area contributed by atoms with Gasteiger partial charge in [-0.1, -0.05) is 6.07 Å². The fourth-order valence-electron chi connectivity index (χ4n) is 3.11. The van der Waals surface area contributed by atoms with Crippen LogP contribution in [0, 0.1) is 0 Å². The molecule has 2 aromatic heterocycles. The Balaban J connectivity index is 1.68. The van der Waals surface area contributed by atoms with Gasteiger partial charge in [-0.05, 0) is 26.2 Å². The van der Waals surface area contributed by atoms with Gasteiger partial charge in [0.1, 0.15) is 0 Å². The van der Waals surface area contributed by atoms with E-state index in [0.29, 0.717) is 26.3 Å². The summed E-state index contributed by atoms with van der Waals surface area (Å²) in [5.74, 6) is 0.104. The topological polar surface area (TPSA) is 63.5 Å². The molecule has 0 radical (unpaired) electrons. The van der Waals surface area contributed by atoms with Crippen LogP contribution in [0.2, 0.25) is 0 Å². The van der Waals surface area contributed by atoms with E-state index in [1.54, 1.807) is 6.20 Å². The van der Waals surface area contributed by atoms with E-state index in [2.05, 4.69) is 9.97 Å². The lowest BCUT2D eigenvalue weighted by Gasteiger charge is -2.36. The molecule has 7 nitrogen and oxygen atoms in total. The number of imidazole rings is 1. The third kappa shape index (κ3) is 4.24. The van der Waals surface area contributed by atoms with Gasteiger partial charge in [-0.25, -0.2) is 4.98 Å². The van der Waals surface area contributed by atoms with Crippen molar-refractivity contribution in [3.63, 3.8) is 0 Å². The molecule has 2 aromatic rings. The molecule has 134 valence electrons. The van der Waals surface area contributed by atoms with Gasteiger partial charge in [-0.2, -0.15) is 0 Å². The second kappa shape index (κ2) is 7.76. The lowest BCUT2D eigenvalue weighted by atomic mass is 10.0. The highest BCUT2D eigenvalue weighted by Crippen LogP contribution is 2.23. The minimum absolute atomic E-state index is 0.0130. The van der Waals surface area contributed by atoms with Gasteiger partial charge in [0.15, 0.2) is 0 Å². The molecule has 0 bridgehead atoms. The first-order valence-electron chi connectivity index (χ1n) is 8.45. The Bertz CT molecular complexity index is 714. The summed E-state index contributed by atoms with van der Waals surface area (Å²) in [5.41, 5.74) is 3.06. The number of pyridine rings is 1. The monoisotopic (exact) mass is 343 g/mol. The van der Waals surface area contributed by atoms with Crippen LogP contribution in [-0.4, -0.2) is 63.5 Å². The van der Waals surface area contributed by atoms with E-state index in [9.17, 15) is 4.79 Å².